The number of thioether (sulfide) groups is 1. The van der Waals surface area contributed by atoms with Crippen LogP contribution in [-0.2, 0) is 11.2 Å². The van der Waals surface area contributed by atoms with Crippen LogP contribution in [0.4, 0.5) is 0 Å². The Morgan fingerprint density at radius 2 is 1.88 bits per heavy atom. The highest BCUT2D eigenvalue weighted by atomic mass is 35.5. The molecule has 2 aromatic carbocycles. The molecule has 0 spiro atoms. The zero-order valence-corrected chi connectivity index (χ0v) is 20.4. The Labute approximate surface area is 206 Å². The maximum Gasteiger partial charge on any atom is 0.149 e. The lowest BCUT2D eigenvalue weighted by Crippen LogP contribution is -2.54. The smallest absolute Gasteiger partial charge is 0.149 e. The Morgan fingerprint density at radius 1 is 1.09 bits per heavy atom. The minimum Gasteiger partial charge on any atom is -0.494 e. The van der Waals surface area contributed by atoms with Crippen LogP contribution in [0.1, 0.15) is 29.7 Å². The summed E-state index contributed by atoms with van der Waals surface area (Å²) in [6.45, 7) is 2.56. The Morgan fingerprint density at radius 3 is 2.58 bits per heavy atom. The maximum atomic E-state index is 10.7. The van der Waals surface area contributed by atoms with E-state index >= 15 is 0 Å². The van der Waals surface area contributed by atoms with Crippen LogP contribution in [0.25, 0.3) is 0 Å². The zero-order chi connectivity index (χ0) is 23.4. The molecule has 2 heterocycles. The van der Waals surface area contributed by atoms with E-state index in [9.17, 15) is 15.3 Å². The van der Waals surface area contributed by atoms with E-state index in [4.69, 9.17) is 21.1 Å². The second-order valence-corrected chi connectivity index (χ2v) is 10.3. The summed E-state index contributed by atoms with van der Waals surface area (Å²) in [5.74, 6) is 1.22. The van der Waals surface area contributed by atoms with Gasteiger partial charge < -0.3 is 24.8 Å². The van der Waals surface area contributed by atoms with Crippen molar-refractivity contribution in [3.8, 4) is 5.75 Å². The minimum absolute atomic E-state index is 0.404. The van der Waals surface area contributed by atoms with Crippen molar-refractivity contribution in [2.45, 2.75) is 48.2 Å². The molecule has 0 amide bonds. The molecular weight excluding hydrogens is 482 g/mol. The molecule has 1 aromatic heterocycles. The van der Waals surface area contributed by atoms with Crippen LogP contribution in [0.2, 0.25) is 5.02 Å². The van der Waals surface area contributed by atoms with Gasteiger partial charge in [0.1, 0.15) is 34.5 Å². The Balaban J connectivity index is 1.51. The van der Waals surface area contributed by atoms with Crippen LogP contribution in [0.3, 0.4) is 0 Å². The highest BCUT2D eigenvalue weighted by Gasteiger charge is 2.44. The van der Waals surface area contributed by atoms with E-state index in [-0.39, 0.29) is 0 Å². The van der Waals surface area contributed by atoms with Crippen molar-refractivity contribution in [2.24, 2.45) is 0 Å². The lowest BCUT2D eigenvalue weighted by Gasteiger charge is -2.41. The van der Waals surface area contributed by atoms with E-state index < -0.39 is 30.5 Å². The summed E-state index contributed by atoms with van der Waals surface area (Å²) in [4.78, 5) is 4.22. The van der Waals surface area contributed by atoms with E-state index in [0.29, 0.717) is 29.4 Å². The Bertz CT molecular complexity index is 1030. The van der Waals surface area contributed by atoms with Crippen molar-refractivity contribution < 1.29 is 24.8 Å². The second-order valence-electron chi connectivity index (χ2n) is 7.78. The lowest BCUT2D eigenvalue weighted by molar-refractivity contribution is -0.218. The number of thiazole rings is 1. The summed E-state index contributed by atoms with van der Waals surface area (Å²) in [6.07, 6.45) is -2.92. The fraction of sp³-hybridized carbons (Fsp3) is 0.375. The van der Waals surface area contributed by atoms with E-state index in [2.05, 4.69) is 4.98 Å². The molecule has 176 valence electrons. The van der Waals surface area contributed by atoms with Gasteiger partial charge in [0.05, 0.1) is 12.7 Å². The van der Waals surface area contributed by atoms with Crippen molar-refractivity contribution in [3.63, 3.8) is 0 Å². The molecule has 5 atom stereocenters. The van der Waals surface area contributed by atoms with Crippen LogP contribution in [-0.4, -0.2) is 57.1 Å². The van der Waals surface area contributed by atoms with Crippen LogP contribution in [0, 0.1) is 0 Å². The number of aliphatic hydroxyl groups is 3. The predicted octanol–water partition coefficient (Wildman–Crippen LogP) is 4.10. The van der Waals surface area contributed by atoms with E-state index in [1.165, 1.54) is 23.1 Å². The molecule has 1 fully saturated rings. The molecule has 6 nitrogen and oxygen atoms in total. The number of hydrogen-bond acceptors (Lipinski definition) is 8. The summed E-state index contributed by atoms with van der Waals surface area (Å²) < 4.78 is 12.4. The molecule has 33 heavy (non-hydrogen) atoms. The molecule has 4 rings (SSSR count). The third-order valence-electron chi connectivity index (χ3n) is 5.52. The standard InChI is InChI=1S/C24H26ClNO5S2/c1-2-30-17-6-3-14(4-7-17)11-16-12-15(5-8-18(16)25)23-22(29)21(28)20(27)19(31-23)13-33-24-26-9-10-32-24/h3-10,12,19-23,27-29H,2,11,13H2,1H3. The predicted molar refractivity (Wildman–Crippen MR) is 130 cm³/mol. The first kappa shape index (κ1) is 24.5. The largest absolute Gasteiger partial charge is 0.494 e. The summed E-state index contributed by atoms with van der Waals surface area (Å²) in [6, 6.07) is 13.3. The van der Waals surface area contributed by atoms with E-state index in [1.807, 2.05) is 42.6 Å². The van der Waals surface area contributed by atoms with Gasteiger partial charge >= 0.3 is 0 Å². The first-order valence-corrected chi connectivity index (χ1v) is 12.9. The molecular formula is C24H26ClNO5S2. The van der Waals surface area contributed by atoms with Gasteiger partial charge in [0.15, 0.2) is 0 Å². The number of benzene rings is 2. The summed E-state index contributed by atoms with van der Waals surface area (Å²) in [7, 11) is 0. The van der Waals surface area contributed by atoms with Gasteiger partial charge in [-0.1, -0.05) is 47.6 Å². The third kappa shape index (κ3) is 5.89. The Hall–Kier alpha value is -1.65. The Kier molecular flexibility index (Phi) is 8.29. The number of rotatable bonds is 8. The van der Waals surface area contributed by atoms with Gasteiger partial charge in [0.25, 0.3) is 0 Å². The third-order valence-corrected chi connectivity index (χ3v) is 7.94. The molecule has 1 saturated heterocycles. The lowest BCUT2D eigenvalue weighted by atomic mass is 9.90. The highest BCUT2D eigenvalue weighted by molar-refractivity contribution is 8.01. The van der Waals surface area contributed by atoms with Gasteiger partial charge in [-0.05, 0) is 48.2 Å². The van der Waals surface area contributed by atoms with Gasteiger partial charge in [0, 0.05) is 22.4 Å². The van der Waals surface area contributed by atoms with Crippen molar-refractivity contribution >= 4 is 34.7 Å². The average molecular weight is 508 g/mol. The fourth-order valence-electron chi connectivity index (χ4n) is 3.80. The molecule has 3 aromatic rings. The molecule has 0 radical (unpaired) electrons. The van der Waals surface area contributed by atoms with Gasteiger partial charge in [-0.15, -0.1) is 11.3 Å². The number of ether oxygens (including phenoxy) is 2. The monoisotopic (exact) mass is 507 g/mol. The second kappa shape index (κ2) is 11.2. The zero-order valence-electron chi connectivity index (χ0n) is 18.0. The normalized spacial score (nSPS) is 25.2. The molecule has 0 aliphatic carbocycles. The van der Waals surface area contributed by atoms with E-state index in [0.717, 1.165) is 21.2 Å². The maximum absolute atomic E-state index is 10.7. The van der Waals surface area contributed by atoms with Gasteiger partial charge in [-0.3, -0.25) is 0 Å². The van der Waals surface area contributed by atoms with Crippen LogP contribution < -0.4 is 4.74 Å². The summed E-state index contributed by atoms with van der Waals surface area (Å²) in [5.41, 5.74) is 2.64. The fourth-order valence-corrected chi connectivity index (χ4v) is 5.70. The van der Waals surface area contributed by atoms with Crippen LogP contribution in [0.5, 0.6) is 5.75 Å². The summed E-state index contributed by atoms with van der Waals surface area (Å²) in [5, 5.41) is 34.1. The highest BCUT2D eigenvalue weighted by Crippen LogP contribution is 2.36. The molecule has 1 aliphatic heterocycles. The molecule has 9 heteroatoms. The summed E-state index contributed by atoms with van der Waals surface area (Å²) >= 11 is 9.41. The first-order chi connectivity index (χ1) is 16.0. The first-order valence-electron chi connectivity index (χ1n) is 10.7. The van der Waals surface area contributed by atoms with Crippen molar-refractivity contribution in [2.75, 3.05) is 12.4 Å². The SMILES string of the molecule is CCOc1ccc(Cc2cc(C3OC(CSc4nccs4)C(O)C(O)C3O)ccc2Cl)cc1. The number of aliphatic hydroxyl groups excluding tert-OH is 3. The van der Waals surface area contributed by atoms with Crippen molar-refractivity contribution in [3.05, 3.63) is 75.8 Å². The number of aromatic nitrogens is 1. The minimum atomic E-state index is -1.32. The van der Waals surface area contributed by atoms with Gasteiger partial charge in [-0.2, -0.15) is 0 Å². The molecule has 5 unspecified atom stereocenters. The van der Waals surface area contributed by atoms with Crippen molar-refractivity contribution in [1.82, 2.24) is 4.98 Å². The molecule has 0 bridgehead atoms. The topological polar surface area (TPSA) is 92.0 Å². The van der Waals surface area contributed by atoms with Gasteiger partial charge in [-0.25, -0.2) is 4.98 Å². The van der Waals surface area contributed by atoms with E-state index in [1.54, 1.807) is 18.3 Å². The van der Waals surface area contributed by atoms with Crippen molar-refractivity contribution in [1.29, 1.82) is 0 Å². The molecule has 3 N–H and O–H groups in total. The van der Waals surface area contributed by atoms with Crippen LogP contribution >= 0.6 is 34.7 Å². The average Bonchev–Trinajstić information content (AvgIpc) is 3.34. The van der Waals surface area contributed by atoms with Gasteiger partial charge in [0.2, 0.25) is 0 Å². The number of hydrogen-bond donors (Lipinski definition) is 3. The number of nitrogens with zero attached hydrogens (tertiary/aromatic N) is 1. The molecule has 1 aliphatic rings. The number of halogens is 1. The quantitative estimate of drug-likeness (QED) is 0.395. The van der Waals surface area contributed by atoms with Crippen LogP contribution in [0.15, 0.2) is 58.4 Å². The molecule has 0 saturated carbocycles.